The Hall–Kier alpha value is -2.28. The van der Waals surface area contributed by atoms with Gasteiger partial charge in [0.15, 0.2) is 5.60 Å². The number of esters is 2. The van der Waals surface area contributed by atoms with Gasteiger partial charge in [-0.3, -0.25) is 4.79 Å². The highest BCUT2D eigenvalue weighted by atomic mass is 19.3. The van der Waals surface area contributed by atoms with Gasteiger partial charge in [-0.25, -0.2) is 13.6 Å². The van der Waals surface area contributed by atoms with Gasteiger partial charge in [0.05, 0.1) is 5.92 Å². The highest BCUT2D eigenvalue weighted by Crippen LogP contribution is 2.48. The molecule has 1 N–H and O–H groups in total. The fourth-order valence-corrected chi connectivity index (χ4v) is 4.05. The third-order valence-corrected chi connectivity index (χ3v) is 5.54. The second-order valence-electron chi connectivity index (χ2n) is 9.13. The molecule has 0 unspecified atom stereocenters. The molecule has 3 atom stereocenters. The van der Waals surface area contributed by atoms with E-state index in [1.165, 1.54) is 18.2 Å². The summed E-state index contributed by atoms with van der Waals surface area (Å²) in [6.07, 6.45) is 1.29. The van der Waals surface area contributed by atoms with Gasteiger partial charge in [0.1, 0.15) is 11.4 Å². The van der Waals surface area contributed by atoms with Crippen LogP contribution in [0.1, 0.15) is 58.4 Å². The Balaban J connectivity index is 1.80. The zero-order chi connectivity index (χ0) is 22.2. The summed E-state index contributed by atoms with van der Waals surface area (Å²) in [6, 6.07) is 8.04. The molecule has 0 bridgehead atoms. The second kappa shape index (κ2) is 8.10. The van der Waals surface area contributed by atoms with E-state index in [1.54, 1.807) is 39.0 Å². The minimum absolute atomic E-state index is 0.00702. The van der Waals surface area contributed by atoms with Gasteiger partial charge in [-0.05, 0) is 45.3 Å². The average Bonchev–Trinajstić information content (AvgIpc) is 3.27. The van der Waals surface area contributed by atoms with E-state index < -0.39 is 47.3 Å². The van der Waals surface area contributed by atoms with E-state index in [2.05, 4.69) is 0 Å². The molecular formula is C23H28F2O5. The first-order valence-electron chi connectivity index (χ1n) is 10.2. The van der Waals surface area contributed by atoms with E-state index in [9.17, 15) is 23.5 Å². The molecule has 0 heterocycles. The van der Waals surface area contributed by atoms with Gasteiger partial charge < -0.3 is 14.6 Å². The molecule has 0 amide bonds. The molecule has 164 valence electrons. The maximum Gasteiger partial charge on any atom is 0.348 e. The number of carbonyl (C=O) groups excluding carboxylic acids is 2. The van der Waals surface area contributed by atoms with Gasteiger partial charge in [-0.1, -0.05) is 30.3 Å². The molecule has 1 saturated carbocycles. The molecule has 0 spiro atoms. The predicted molar refractivity (Wildman–Crippen MR) is 105 cm³/mol. The van der Waals surface area contributed by atoms with E-state index >= 15 is 0 Å². The monoisotopic (exact) mass is 422 g/mol. The van der Waals surface area contributed by atoms with E-state index in [1.807, 2.05) is 0 Å². The van der Waals surface area contributed by atoms with Crippen molar-refractivity contribution in [1.82, 2.24) is 0 Å². The lowest BCUT2D eigenvalue weighted by Crippen LogP contribution is -2.43. The van der Waals surface area contributed by atoms with Crippen LogP contribution in [0.15, 0.2) is 42.2 Å². The largest absolute Gasteiger partial charge is 0.460 e. The van der Waals surface area contributed by atoms with E-state index in [0.717, 1.165) is 0 Å². The van der Waals surface area contributed by atoms with Gasteiger partial charge in [0.25, 0.3) is 0 Å². The van der Waals surface area contributed by atoms with E-state index in [-0.39, 0.29) is 24.2 Å². The summed E-state index contributed by atoms with van der Waals surface area (Å²) < 4.78 is 38.5. The number of rotatable bonds is 5. The zero-order valence-corrected chi connectivity index (χ0v) is 17.5. The van der Waals surface area contributed by atoms with Crippen molar-refractivity contribution in [2.75, 3.05) is 0 Å². The third-order valence-electron chi connectivity index (χ3n) is 5.54. The van der Waals surface area contributed by atoms with Gasteiger partial charge in [-0.15, -0.1) is 0 Å². The summed E-state index contributed by atoms with van der Waals surface area (Å²) in [6.45, 7) is 5.30. The summed E-state index contributed by atoms with van der Waals surface area (Å²) >= 11 is 0. The molecule has 30 heavy (non-hydrogen) atoms. The lowest BCUT2D eigenvalue weighted by atomic mass is 9.80. The van der Waals surface area contributed by atoms with Crippen LogP contribution in [0.4, 0.5) is 8.78 Å². The summed E-state index contributed by atoms with van der Waals surface area (Å²) in [5.41, 5.74) is -2.60. The highest BCUT2D eigenvalue weighted by molar-refractivity contribution is 5.83. The van der Waals surface area contributed by atoms with Crippen molar-refractivity contribution in [2.45, 2.75) is 70.0 Å². The standard InChI is InChI=1S/C23H28F2O5/c1-21(2,3)30-19(26)15-9-10-18(13-15)29-20(27)23(28,16-7-5-4-6-8-16)17-11-12-22(24,25)14-17/h4-8,13,15,17,28H,9-12,14H2,1-3H3/t15-,17-,23+/m1/s1. The van der Waals surface area contributed by atoms with Gasteiger partial charge in [0.2, 0.25) is 5.92 Å². The number of hydrogen-bond acceptors (Lipinski definition) is 5. The number of aliphatic hydroxyl groups is 1. The topological polar surface area (TPSA) is 72.8 Å². The average molecular weight is 422 g/mol. The Morgan fingerprint density at radius 1 is 1.13 bits per heavy atom. The van der Waals surface area contributed by atoms with Crippen LogP contribution >= 0.6 is 0 Å². The molecule has 0 aromatic heterocycles. The summed E-state index contributed by atoms with van der Waals surface area (Å²) in [5.74, 6) is -5.61. The molecule has 0 radical (unpaired) electrons. The molecule has 1 fully saturated rings. The fourth-order valence-electron chi connectivity index (χ4n) is 4.05. The maximum atomic E-state index is 13.9. The van der Waals surface area contributed by atoms with E-state index in [0.29, 0.717) is 12.8 Å². The van der Waals surface area contributed by atoms with Crippen LogP contribution in [0.25, 0.3) is 0 Å². The van der Waals surface area contributed by atoms with Crippen LogP contribution in [0.2, 0.25) is 0 Å². The molecule has 5 nitrogen and oxygen atoms in total. The minimum Gasteiger partial charge on any atom is -0.460 e. The van der Waals surface area contributed by atoms with Crippen LogP contribution in [0.3, 0.4) is 0 Å². The summed E-state index contributed by atoms with van der Waals surface area (Å²) in [4.78, 5) is 25.3. The predicted octanol–water partition coefficient (Wildman–Crippen LogP) is 4.49. The summed E-state index contributed by atoms with van der Waals surface area (Å²) in [5, 5.41) is 11.3. The third kappa shape index (κ3) is 4.89. The molecule has 1 aromatic rings. The van der Waals surface area contributed by atoms with Crippen molar-refractivity contribution in [2.24, 2.45) is 11.8 Å². The molecular weight excluding hydrogens is 394 g/mol. The molecule has 2 aliphatic carbocycles. The summed E-state index contributed by atoms with van der Waals surface area (Å²) in [7, 11) is 0. The smallest absolute Gasteiger partial charge is 0.348 e. The van der Waals surface area contributed by atoms with Gasteiger partial charge in [-0.2, -0.15) is 0 Å². The number of ether oxygens (including phenoxy) is 2. The van der Waals surface area contributed by atoms with Gasteiger partial charge in [0, 0.05) is 25.2 Å². The molecule has 0 saturated heterocycles. The van der Waals surface area contributed by atoms with Crippen LogP contribution in [0.5, 0.6) is 0 Å². The first-order valence-corrected chi connectivity index (χ1v) is 10.2. The normalized spacial score (nSPS) is 25.3. The number of halogens is 2. The van der Waals surface area contributed by atoms with E-state index in [4.69, 9.17) is 9.47 Å². The van der Waals surface area contributed by atoms with Gasteiger partial charge >= 0.3 is 11.9 Å². The van der Waals surface area contributed by atoms with Crippen molar-refractivity contribution in [3.05, 3.63) is 47.7 Å². The van der Waals surface area contributed by atoms with Crippen molar-refractivity contribution in [1.29, 1.82) is 0 Å². The lowest BCUT2D eigenvalue weighted by Gasteiger charge is -2.32. The van der Waals surface area contributed by atoms with Crippen molar-refractivity contribution in [3.63, 3.8) is 0 Å². The number of allylic oxidation sites excluding steroid dienone is 1. The Morgan fingerprint density at radius 3 is 2.37 bits per heavy atom. The van der Waals surface area contributed by atoms with Crippen LogP contribution in [0, 0.1) is 11.8 Å². The number of hydrogen-bond donors (Lipinski definition) is 1. The first-order chi connectivity index (χ1) is 13.9. The number of benzene rings is 1. The first kappa shape index (κ1) is 22.4. The molecule has 1 aromatic carbocycles. The van der Waals surface area contributed by atoms with Crippen LogP contribution in [-0.2, 0) is 24.7 Å². The highest BCUT2D eigenvalue weighted by Gasteiger charge is 2.54. The SMILES string of the molecule is CC(C)(C)OC(=O)[C@H]1C=C(OC(=O)[C@](O)(c2ccccc2)[C@@H]2CCC(F)(F)C2)CC1. The molecule has 3 rings (SSSR count). The Morgan fingerprint density at radius 2 is 1.80 bits per heavy atom. The Labute approximate surface area is 175 Å². The number of alkyl halides is 2. The minimum atomic E-state index is -2.93. The van der Waals surface area contributed by atoms with Crippen LogP contribution in [-0.4, -0.2) is 28.6 Å². The zero-order valence-electron chi connectivity index (χ0n) is 17.5. The van der Waals surface area contributed by atoms with Crippen molar-refractivity contribution < 1.29 is 33.0 Å². The molecule has 7 heteroatoms. The lowest BCUT2D eigenvalue weighted by molar-refractivity contribution is -0.170. The second-order valence-corrected chi connectivity index (χ2v) is 9.13. The van der Waals surface area contributed by atoms with Crippen molar-refractivity contribution >= 4 is 11.9 Å². The van der Waals surface area contributed by atoms with Crippen LogP contribution < -0.4 is 0 Å². The Kier molecular flexibility index (Phi) is 6.05. The fraction of sp³-hybridized carbons (Fsp3) is 0.565. The van der Waals surface area contributed by atoms with Crippen molar-refractivity contribution in [3.8, 4) is 0 Å². The molecule has 2 aliphatic rings. The number of carbonyl (C=O) groups is 2. The molecule has 0 aliphatic heterocycles. The maximum absolute atomic E-state index is 13.9. The Bertz CT molecular complexity index is 828. The quantitative estimate of drug-likeness (QED) is 0.708.